The Balaban J connectivity index is 2.66. The molecule has 20 heavy (non-hydrogen) atoms. The third kappa shape index (κ3) is 2.48. The van der Waals surface area contributed by atoms with Crippen molar-refractivity contribution in [2.75, 3.05) is 11.4 Å². The Labute approximate surface area is 119 Å². The van der Waals surface area contributed by atoms with Gasteiger partial charge < -0.3 is 10.0 Å². The quantitative estimate of drug-likeness (QED) is 0.887. The van der Waals surface area contributed by atoms with Crippen LogP contribution in [0.3, 0.4) is 0 Å². The molecule has 0 aliphatic carbocycles. The van der Waals surface area contributed by atoms with E-state index in [1.54, 1.807) is 6.07 Å². The highest BCUT2D eigenvalue weighted by molar-refractivity contribution is 6.07. The summed E-state index contributed by atoms with van der Waals surface area (Å²) >= 11 is 0. The largest absolute Gasteiger partial charge is 0.478 e. The van der Waals surface area contributed by atoms with Crippen LogP contribution in [0, 0.1) is 0 Å². The van der Waals surface area contributed by atoms with Crippen LogP contribution in [0.4, 0.5) is 5.69 Å². The first-order chi connectivity index (χ1) is 9.60. The van der Waals surface area contributed by atoms with Gasteiger partial charge in [0, 0.05) is 23.7 Å². The van der Waals surface area contributed by atoms with Gasteiger partial charge in [-0.2, -0.15) is 0 Å². The third-order valence-corrected chi connectivity index (χ3v) is 3.90. The fraction of sp³-hybridized carbons (Fsp3) is 0.353. The van der Waals surface area contributed by atoms with Crippen LogP contribution in [-0.4, -0.2) is 23.7 Å². The predicted molar refractivity (Wildman–Crippen MR) is 83.7 cm³/mol. The van der Waals surface area contributed by atoms with E-state index in [4.69, 9.17) is 0 Å². The maximum atomic E-state index is 11.3. The van der Waals surface area contributed by atoms with Crippen molar-refractivity contribution in [3.63, 3.8) is 0 Å². The van der Waals surface area contributed by atoms with Gasteiger partial charge in [0.15, 0.2) is 0 Å². The molecule has 1 atom stereocenters. The fourth-order valence-corrected chi connectivity index (χ4v) is 2.66. The van der Waals surface area contributed by atoms with Crippen LogP contribution in [-0.2, 0) is 0 Å². The van der Waals surface area contributed by atoms with Gasteiger partial charge in [0.25, 0.3) is 0 Å². The van der Waals surface area contributed by atoms with E-state index >= 15 is 0 Å². The van der Waals surface area contributed by atoms with Crippen molar-refractivity contribution in [1.29, 1.82) is 0 Å². The van der Waals surface area contributed by atoms with Gasteiger partial charge in [-0.15, -0.1) is 0 Å². The summed E-state index contributed by atoms with van der Waals surface area (Å²) in [7, 11) is 0. The molecular formula is C17H21NO2. The standard InChI is InChI=1S/C17H21NO2/c1-4-12(3)18(5-2)16-11-10-15(17(19)20)13-8-6-7-9-14(13)16/h6-12H,4-5H2,1-3H3,(H,19,20). The maximum Gasteiger partial charge on any atom is 0.336 e. The van der Waals surface area contributed by atoms with Gasteiger partial charge in [-0.25, -0.2) is 4.79 Å². The first kappa shape index (κ1) is 14.4. The van der Waals surface area contributed by atoms with Crippen LogP contribution in [0.5, 0.6) is 0 Å². The molecule has 0 saturated heterocycles. The second-order valence-corrected chi connectivity index (χ2v) is 5.03. The molecule has 0 aliphatic rings. The van der Waals surface area contributed by atoms with E-state index in [2.05, 4.69) is 25.7 Å². The first-order valence-electron chi connectivity index (χ1n) is 7.11. The lowest BCUT2D eigenvalue weighted by atomic mass is 10.0. The Morgan fingerprint density at radius 3 is 2.35 bits per heavy atom. The molecule has 2 rings (SSSR count). The number of carboxylic acid groups (broad SMARTS) is 1. The van der Waals surface area contributed by atoms with E-state index in [1.807, 2.05) is 30.3 Å². The van der Waals surface area contributed by atoms with Gasteiger partial charge in [-0.05, 0) is 37.8 Å². The molecule has 0 spiro atoms. The molecule has 2 aromatic carbocycles. The van der Waals surface area contributed by atoms with Crippen LogP contribution in [0.25, 0.3) is 10.8 Å². The summed E-state index contributed by atoms with van der Waals surface area (Å²) in [6, 6.07) is 11.8. The second-order valence-electron chi connectivity index (χ2n) is 5.03. The van der Waals surface area contributed by atoms with Gasteiger partial charge in [0.1, 0.15) is 0 Å². The normalized spacial score (nSPS) is 12.3. The SMILES string of the molecule is CCC(C)N(CC)c1ccc(C(=O)O)c2ccccc12. The van der Waals surface area contributed by atoms with Crippen molar-refractivity contribution in [3.8, 4) is 0 Å². The number of aromatic carboxylic acids is 1. The minimum Gasteiger partial charge on any atom is -0.478 e. The smallest absolute Gasteiger partial charge is 0.336 e. The summed E-state index contributed by atoms with van der Waals surface area (Å²) in [5.74, 6) is -0.876. The van der Waals surface area contributed by atoms with Crippen molar-refractivity contribution in [2.45, 2.75) is 33.2 Å². The lowest BCUT2D eigenvalue weighted by Gasteiger charge is -2.31. The van der Waals surface area contributed by atoms with E-state index in [0.29, 0.717) is 11.6 Å². The number of carboxylic acids is 1. The highest BCUT2D eigenvalue weighted by Crippen LogP contribution is 2.31. The average molecular weight is 271 g/mol. The predicted octanol–water partition coefficient (Wildman–Crippen LogP) is 4.16. The Morgan fingerprint density at radius 1 is 1.15 bits per heavy atom. The monoisotopic (exact) mass is 271 g/mol. The van der Waals surface area contributed by atoms with Crippen molar-refractivity contribution in [3.05, 3.63) is 42.0 Å². The Bertz CT molecular complexity index is 621. The highest BCUT2D eigenvalue weighted by Gasteiger charge is 2.16. The van der Waals surface area contributed by atoms with Crippen LogP contribution < -0.4 is 4.90 Å². The van der Waals surface area contributed by atoms with Crippen LogP contribution in [0.15, 0.2) is 36.4 Å². The van der Waals surface area contributed by atoms with Crippen molar-refractivity contribution in [1.82, 2.24) is 0 Å². The van der Waals surface area contributed by atoms with Crippen LogP contribution in [0.1, 0.15) is 37.6 Å². The molecule has 3 nitrogen and oxygen atoms in total. The number of rotatable bonds is 5. The van der Waals surface area contributed by atoms with E-state index in [9.17, 15) is 9.90 Å². The zero-order valence-electron chi connectivity index (χ0n) is 12.3. The zero-order valence-corrected chi connectivity index (χ0v) is 12.3. The minimum absolute atomic E-state index is 0.365. The number of anilines is 1. The number of hydrogen-bond donors (Lipinski definition) is 1. The third-order valence-electron chi connectivity index (χ3n) is 3.90. The number of carbonyl (C=O) groups is 1. The number of benzene rings is 2. The summed E-state index contributed by atoms with van der Waals surface area (Å²) in [5.41, 5.74) is 1.48. The summed E-state index contributed by atoms with van der Waals surface area (Å²) in [6.45, 7) is 7.40. The van der Waals surface area contributed by atoms with Crippen molar-refractivity contribution >= 4 is 22.4 Å². The molecule has 1 N–H and O–H groups in total. The number of fused-ring (bicyclic) bond motifs is 1. The van der Waals surface area contributed by atoms with E-state index in [0.717, 1.165) is 29.4 Å². The Hall–Kier alpha value is -2.03. The molecule has 0 aromatic heterocycles. The topological polar surface area (TPSA) is 40.5 Å². The van der Waals surface area contributed by atoms with E-state index < -0.39 is 5.97 Å². The average Bonchev–Trinajstić information content (AvgIpc) is 2.47. The second kappa shape index (κ2) is 5.95. The zero-order chi connectivity index (χ0) is 14.7. The summed E-state index contributed by atoms with van der Waals surface area (Å²) < 4.78 is 0. The lowest BCUT2D eigenvalue weighted by molar-refractivity contribution is 0.0699. The molecule has 0 bridgehead atoms. The first-order valence-corrected chi connectivity index (χ1v) is 7.11. The van der Waals surface area contributed by atoms with E-state index in [1.165, 1.54) is 0 Å². The molecule has 106 valence electrons. The Kier molecular flexibility index (Phi) is 4.28. The van der Waals surface area contributed by atoms with Crippen LogP contribution >= 0.6 is 0 Å². The van der Waals surface area contributed by atoms with E-state index in [-0.39, 0.29) is 0 Å². The summed E-state index contributed by atoms with van der Waals surface area (Å²) in [5, 5.41) is 11.1. The summed E-state index contributed by atoms with van der Waals surface area (Å²) in [4.78, 5) is 13.7. The molecule has 0 radical (unpaired) electrons. The molecule has 0 aliphatic heterocycles. The molecule has 0 saturated carbocycles. The number of nitrogens with zero attached hydrogens (tertiary/aromatic N) is 1. The van der Waals surface area contributed by atoms with Gasteiger partial charge in [-0.3, -0.25) is 0 Å². The molecule has 0 heterocycles. The lowest BCUT2D eigenvalue weighted by Crippen LogP contribution is -2.32. The maximum absolute atomic E-state index is 11.3. The summed E-state index contributed by atoms with van der Waals surface area (Å²) in [6.07, 6.45) is 1.06. The minimum atomic E-state index is -0.876. The van der Waals surface area contributed by atoms with Gasteiger partial charge in [-0.1, -0.05) is 31.2 Å². The van der Waals surface area contributed by atoms with Crippen molar-refractivity contribution < 1.29 is 9.90 Å². The van der Waals surface area contributed by atoms with Gasteiger partial charge in [0.05, 0.1) is 5.56 Å². The molecule has 0 amide bonds. The van der Waals surface area contributed by atoms with Crippen molar-refractivity contribution in [2.24, 2.45) is 0 Å². The number of hydrogen-bond acceptors (Lipinski definition) is 2. The highest BCUT2D eigenvalue weighted by atomic mass is 16.4. The molecule has 2 aromatic rings. The molecule has 0 fully saturated rings. The Morgan fingerprint density at radius 2 is 1.80 bits per heavy atom. The molecule has 3 heteroatoms. The van der Waals surface area contributed by atoms with Gasteiger partial charge >= 0.3 is 5.97 Å². The van der Waals surface area contributed by atoms with Gasteiger partial charge in [0.2, 0.25) is 0 Å². The fourth-order valence-electron chi connectivity index (χ4n) is 2.66. The molecule has 1 unspecified atom stereocenters. The molecular weight excluding hydrogens is 250 g/mol. The van der Waals surface area contributed by atoms with Crippen LogP contribution in [0.2, 0.25) is 0 Å².